The molecule has 8 rings (SSSR count). The smallest absolute Gasteiger partial charge is 0.293 e. The summed E-state index contributed by atoms with van der Waals surface area (Å²) in [5.41, 5.74) is 6.44. The molecule has 14 heteroatoms. The van der Waals surface area contributed by atoms with Crippen molar-refractivity contribution in [2.45, 2.75) is 58.7 Å². The van der Waals surface area contributed by atoms with E-state index < -0.39 is 0 Å². The summed E-state index contributed by atoms with van der Waals surface area (Å²) < 4.78 is 3.59. The van der Waals surface area contributed by atoms with Crippen LogP contribution in [0.2, 0.25) is 0 Å². The predicted molar refractivity (Wildman–Crippen MR) is 219 cm³/mol. The minimum Gasteiger partial charge on any atom is -0.392 e. The molecule has 4 aromatic rings. The molecule has 4 aliphatic rings. The number of hydrogen-bond donors (Lipinski definition) is 3. The van der Waals surface area contributed by atoms with Crippen molar-refractivity contribution in [1.82, 2.24) is 28.9 Å². The molecule has 1 aliphatic carbocycles. The monoisotopic (exact) mass is 760 g/mol. The lowest BCUT2D eigenvalue weighted by atomic mass is 9.90. The number of nitrogens with one attached hydrogen (secondary N) is 2. The van der Waals surface area contributed by atoms with E-state index in [1.807, 2.05) is 24.3 Å². The largest absolute Gasteiger partial charge is 0.392 e. The van der Waals surface area contributed by atoms with E-state index in [1.54, 1.807) is 30.4 Å². The third-order valence-electron chi connectivity index (χ3n) is 12.0. The van der Waals surface area contributed by atoms with Crippen molar-refractivity contribution in [3.8, 4) is 11.3 Å². The molecule has 0 bridgehead atoms. The van der Waals surface area contributed by atoms with Crippen molar-refractivity contribution >= 4 is 40.5 Å². The second-order valence-electron chi connectivity index (χ2n) is 16.4. The van der Waals surface area contributed by atoms with Crippen LogP contribution in [0.15, 0.2) is 60.2 Å². The summed E-state index contributed by atoms with van der Waals surface area (Å²) in [4.78, 5) is 58.4. The van der Waals surface area contributed by atoms with Gasteiger partial charge in [0.25, 0.3) is 11.5 Å². The van der Waals surface area contributed by atoms with Crippen LogP contribution < -0.4 is 26.0 Å². The number of aliphatic hydroxyl groups is 1. The van der Waals surface area contributed by atoms with Crippen LogP contribution in [0, 0.1) is 5.41 Å². The molecule has 1 aromatic carbocycles. The Bertz CT molecular complexity index is 2240. The maximum absolute atomic E-state index is 14.0. The van der Waals surface area contributed by atoms with Gasteiger partial charge in [0.15, 0.2) is 5.82 Å². The Kier molecular flexibility index (Phi) is 10.1. The van der Waals surface area contributed by atoms with E-state index in [0.29, 0.717) is 58.8 Å². The number of carbonyl (C=O) groups excluding carboxylic acids is 2. The van der Waals surface area contributed by atoms with E-state index in [4.69, 9.17) is 4.98 Å². The Labute approximate surface area is 327 Å². The standard InChI is InChI=1S/C42H52N10O4/c1-6-37(54)45-32-22-28(7-8-34(32)50-13-10-29(11-14-50)49-17-15-47(4)16-18-49)44-38-41(56)48(5)25-33(46-38)30-9-12-43-39(31(30)26-53)52-20-19-51-35(40(52)55)21-27-23-42(2,3)24-36(27)51/h6-9,12,21-22,25,29,53H,1,10-11,13-20,23-24,26H2,2-5H3,(H,44,46)(H,45,54). The number of pyridine rings is 1. The van der Waals surface area contributed by atoms with Crippen LogP contribution in [0.4, 0.5) is 28.7 Å². The van der Waals surface area contributed by atoms with E-state index in [1.165, 1.54) is 21.9 Å². The molecule has 294 valence electrons. The molecule has 6 heterocycles. The van der Waals surface area contributed by atoms with Gasteiger partial charge in [0.05, 0.1) is 23.7 Å². The van der Waals surface area contributed by atoms with Gasteiger partial charge in [-0.05, 0) is 80.1 Å². The van der Waals surface area contributed by atoms with Gasteiger partial charge in [-0.25, -0.2) is 9.97 Å². The molecule has 0 radical (unpaired) electrons. The van der Waals surface area contributed by atoms with Gasteiger partial charge in [-0.15, -0.1) is 0 Å². The molecule has 0 saturated carbocycles. The molecule has 56 heavy (non-hydrogen) atoms. The third-order valence-corrected chi connectivity index (χ3v) is 12.0. The molecule has 3 aromatic heterocycles. The number of piperidine rings is 1. The van der Waals surface area contributed by atoms with Crippen molar-refractivity contribution in [1.29, 1.82) is 0 Å². The topological polar surface area (TPSA) is 144 Å². The van der Waals surface area contributed by atoms with Crippen LogP contribution in [0.5, 0.6) is 0 Å². The minimum absolute atomic E-state index is 0.0679. The van der Waals surface area contributed by atoms with Crippen molar-refractivity contribution in [3.63, 3.8) is 0 Å². The molecule has 14 nitrogen and oxygen atoms in total. The SMILES string of the molecule is C=CC(=O)Nc1cc(Nc2nc(-c3ccnc(N4CCn5c(cc6c5CC(C)(C)C6)C4=O)c3CO)cn(C)c2=O)ccc1N1CCC(N2CCN(C)CC2)CC1. The summed E-state index contributed by atoms with van der Waals surface area (Å²) in [5, 5.41) is 16.9. The van der Waals surface area contributed by atoms with Crippen molar-refractivity contribution < 1.29 is 14.7 Å². The highest BCUT2D eigenvalue weighted by Crippen LogP contribution is 2.40. The van der Waals surface area contributed by atoms with E-state index in [0.717, 1.165) is 70.6 Å². The Hall–Kier alpha value is -5.31. The first-order chi connectivity index (χ1) is 26.9. The molecular formula is C42H52N10O4. The fourth-order valence-electron chi connectivity index (χ4n) is 9.01. The molecule has 0 spiro atoms. The van der Waals surface area contributed by atoms with Crippen molar-refractivity contribution in [3.05, 3.63) is 88.2 Å². The number of hydrogen-bond acceptors (Lipinski definition) is 10. The third kappa shape index (κ3) is 7.12. The first kappa shape index (κ1) is 37.6. The quantitative estimate of drug-likeness (QED) is 0.214. The van der Waals surface area contributed by atoms with E-state index in [-0.39, 0.29) is 35.2 Å². The first-order valence-electron chi connectivity index (χ1n) is 19.6. The highest BCUT2D eigenvalue weighted by Gasteiger charge is 2.38. The molecule has 0 atom stereocenters. The number of anilines is 5. The minimum atomic E-state index is -0.387. The summed E-state index contributed by atoms with van der Waals surface area (Å²) in [6.45, 7) is 14.9. The number of fused-ring (bicyclic) bond motifs is 3. The number of aliphatic hydroxyl groups excluding tert-OH is 1. The highest BCUT2D eigenvalue weighted by molar-refractivity contribution is 6.06. The Morgan fingerprint density at radius 3 is 2.50 bits per heavy atom. The van der Waals surface area contributed by atoms with Crippen LogP contribution in [0.25, 0.3) is 11.3 Å². The Balaban J connectivity index is 1.05. The van der Waals surface area contributed by atoms with Gasteiger partial charge in [-0.2, -0.15) is 0 Å². The maximum Gasteiger partial charge on any atom is 0.293 e. The summed E-state index contributed by atoms with van der Waals surface area (Å²) >= 11 is 0. The van der Waals surface area contributed by atoms with Gasteiger partial charge in [-0.3, -0.25) is 24.2 Å². The van der Waals surface area contributed by atoms with Gasteiger partial charge in [0.2, 0.25) is 5.91 Å². The lowest BCUT2D eigenvalue weighted by Crippen LogP contribution is -2.52. The second kappa shape index (κ2) is 15.0. The van der Waals surface area contributed by atoms with E-state index in [2.05, 4.69) is 62.4 Å². The summed E-state index contributed by atoms with van der Waals surface area (Å²) in [5.74, 6) is -0.0387. The maximum atomic E-state index is 14.0. The zero-order chi connectivity index (χ0) is 39.3. The van der Waals surface area contributed by atoms with Crippen LogP contribution in [0.3, 0.4) is 0 Å². The molecule has 2 fully saturated rings. The summed E-state index contributed by atoms with van der Waals surface area (Å²) in [6.07, 6.45) is 8.42. The summed E-state index contributed by atoms with van der Waals surface area (Å²) in [7, 11) is 3.82. The number of piperazine rings is 1. The van der Waals surface area contributed by atoms with E-state index >= 15 is 0 Å². The van der Waals surface area contributed by atoms with Crippen molar-refractivity contribution in [2.75, 3.05) is 73.3 Å². The van der Waals surface area contributed by atoms with Gasteiger partial charge in [-0.1, -0.05) is 20.4 Å². The number of likely N-dealkylation sites (N-methyl/N-ethyl adjacent to an activating group) is 1. The number of rotatable bonds is 9. The van der Waals surface area contributed by atoms with Crippen LogP contribution >= 0.6 is 0 Å². The molecule has 0 unspecified atom stereocenters. The van der Waals surface area contributed by atoms with Gasteiger partial charge in [0.1, 0.15) is 11.5 Å². The van der Waals surface area contributed by atoms with Crippen LogP contribution in [-0.4, -0.2) is 105 Å². The fraction of sp³-hybridized carbons (Fsp3) is 0.452. The van der Waals surface area contributed by atoms with Gasteiger partial charge in [0, 0.05) is 100 Å². The molecule has 3 N–H and O–H groups in total. The fourth-order valence-corrected chi connectivity index (χ4v) is 9.01. The molecule has 3 aliphatic heterocycles. The predicted octanol–water partition coefficient (Wildman–Crippen LogP) is 4.01. The van der Waals surface area contributed by atoms with E-state index in [9.17, 15) is 19.5 Å². The first-order valence-corrected chi connectivity index (χ1v) is 19.6. The number of amides is 2. The van der Waals surface area contributed by atoms with Crippen molar-refractivity contribution in [2.24, 2.45) is 12.5 Å². The molecular weight excluding hydrogens is 709 g/mol. The second-order valence-corrected chi connectivity index (χ2v) is 16.4. The number of benzene rings is 1. The van der Waals surface area contributed by atoms with Crippen LogP contribution in [0.1, 0.15) is 54.0 Å². The summed E-state index contributed by atoms with van der Waals surface area (Å²) in [6, 6.07) is 9.97. The zero-order valence-electron chi connectivity index (χ0n) is 32.8. The Morgan fingerprint density at radius 1 is 1.00 bits per heavy atom. The molecule has 2 amide bonds. The Morgan fingerprint density at radius 2 is 1.77 bits per heavy atom. The van der Waals surface area contributed by atoms with Gasteiger partial charge >= 0.3 is 0 Å². The zero-order valence-corrected chi connectivity index (χ0v) is 32.8. The van der Waals surface area contributed by atoms with Gasteiger partial charge < -0.3 is 34.7 Å². The average Bonchev–Trinajstić information content (AvgIpc) is 3.69. The number of carbonyl (C=O) groups is 2. The number of aryl methyl sites for hydroxylation is 1. The normalized spacial score (nSPS) is 18.8. The van der Waals surface area contributed by atoms with Crippen LogP contribution in [-0.2, 0) is 37.8 Å². The highest BCUT2D eigenvalue weighted by atomic mass is 16.3. The average molecular weight is 761 g/mol. The number of nitrogens with zero attached hydrogens (tertiary/aromatic N) is 8. The number of aromatic nitrogens is 4. The lowest BCUT2D eigenvalue weighted by Gasteiger charge is -2.43. The molecule has 2 saturated heterocycles. The lowest BCUT2D eigenvalue weighted by molar-refractivity contribution is -0.111.